The first-order chi connectivity index (χ1) is 9.65. The molecule has 0 aliphatic heterocycles. The van der Waals surface area contributed by atoms with Gasteiger partial charge in [-0.3, -0.25) is 14.9 Å². The second kappa shape index (κ2) is 5.79. The zero-order chi connectivity index (χ0) is 14.5. The van der Waals surface area contributed by atoms with Gasteiger partial charge >= 0.3 is 5.69 Å². The number of ether oxygens (including phenoxy) is 2. The minimum absolute atomic E-state index is 0.168. The Morgan fingerprint density at radius 1 is 1.30 bits per heavy atom. The number of aldehydes is 1. The number of hydrogen-bond donors (Lipinski definition) is 0. The molecule has 0 amide bonds. The van der Waals surface area contributed by atoms with Gasteiger partial charge in [-0.25, -0.2) is 4.98 Å². The van der Waals surface area contributed by atoms with Gasteiger partial charge in [-0.05, 0) is 24.3 Å². The fourth-order valence-electron chi connectivity index (χ4n) is 1.55. The highest BCUT2D eigenvalue weighted by Gasteiger charge is 2.18. The lowest BCUT2D eigenvalue weighted by Gasteiger charge is -2.09. The molecule has 2 rings (SSSR count). The molecule has 0 aliphatic rings. The molecule has 1 aromatic carbocycles. The lowest BCUT2D eigenvalue weighted by Crippen LogP contribution is -1.97. The number of aromatic nitrogens is 1. The van der Waals surface area contributed by atoms with Crippen LogP contribution in [0.2, 0.25) is 0 Å². The van der Waals surface area contributed by atoms with Crippen LogP contribution in [-0.2, 0) is 0 Å². The molecule has 7 heteroatoms. The minimum Gasteiger partial charge on any atom is -0.493 e. The predicted molar refractivity (Wildman–Crippen MR) is 69.3 cm³/mol. The minimum atomic E-state index is -0.599. The summed E-state index contributed by atoms with van der Waals surface area (Å²) in [5.74, 6) is 0.355. The van der Waals surface area contributed by atoms with Crippen LogP contribution in [0, 0.1) is 10.1 Å². The van der Waals surface area contributed by atoms with E-state index in [1.807, 2.05) is 0 Å². The van der Waals surface area contributed by atoms with Crippen LogP contribution >= 0.6 is 0 Å². The average molecular weight is 274 g/mol. The Hall–Kier alpha value is -2.96. The molecular formula is C13H10N2O5. The fourth-order valence-corrected chi connectivity index (χ4v) is 1.55. The molecule has 20 heavy (non-hydrogen) atoms. The molecule has 0 atom stereocenters. The molecule has 0 spiro atoms. The predicted octanol–water partition coefficient (Wildman–Crippen LogP) is 2.60. The zero-order valence-corrected chi connectivity index (χ0v) is 10.5. The maximum absolute atomic E-state index is 10.9. The molecular weight excluding hydrogens is 264 g/mol. The number of hydrogen-bond acceptors (Lipinski definition) is 6. The summed E-state index contributed by atoms with van der Waals surface area (Å²) in [6.45, 7) is 0. The van der Waals surface area contributed by atoms with Gasteiger partial charge in [0.2, 0.25) is 0 Å². The summed E-state index contributed by atoms with van der Waals surface area (Å²) in [6.07, 6.45) is 2.01. The standard InChI is InChI=1S/C13H10N2O5/c1-19-11-5-4-9(8-16)7-12(11)20-13-10(15(17)18)3-2-6-14-13/h2-8H,1H3. The van der Waals surface area contributed by atoms with Crippen LogP contribution in [-0.4, -0.2) is 23.3 Å². The summed E-state index contributed by atoms with van der Waals surface area (Å²) in [5.41, 5.74) is 0.0884. The number of carbonyl (C=O) groups is 1. The first-order valence-corrected chi connectivity index (χ1v) is 5.56. The lowest BCUT2D eigenvalue weighted by atomic mass is 10.2. The van der Waals surface area contributed by atoms with Crippen LogP contribution in [0.5, 0.6) is 17.4 Å². The van der Waals surface area contributed by atoms with Crippen LogP contribution in [0.1, 0.15) is 10.4 Å². The Balaban J connectivity index is 2.44. The Morgan fingerprint density at radius 2 is 2.10 bits per heavy atom. The van der Waals surface area contributed by atoms with Gasteiger partial charge in [0.15, 0.2) is 11.5 Å². The van der Waals surface area contributed by atoms with Gasteiger partial charge in [0, 0.05) is 17.8 Å². The van der Waals surface area contributed by atoms with E-state index in [1.165, 1.54) is 37.6 Å². The number of methoxy groups -OCH3 is 1. The molecule has 0 N–H and O–H groups in total. The summed E-state index contributed by atoms with van der Waals surface area (Å²) in [6, 6.07) is 7.21. The van der Waals surface area contributed by atoms with Crippen molar-refractivity contribution in [2.75, 3.05) is 7.11 Å². The van der Waals surface area contributed by atoms with Gasteiger partial charge in [-0.2, -0.15) is 0 Å². The van der Waals surface area contributed by atoms with Crippen LogP contribution in [0.4, 0.5) is 5.69 Å². The third-order valence-electron chi connectivity index (χ3n) is 2.48. The van der Waals surface area contributed by atoms with E-state index in [2.05, 4.69) is 4.98 Å². The van der Waals surface area contributed by atoms with Crippen LogP contribution in [0.25, 0.3) is 0 Å². The van der Waals surface area contributed by atoms with Gasteiger partial charge in [0.25, 0.3) is 5.88 Å². The Labute approximate surface area is 113 Å². The molecule has 102 valence electrons. The van der Waals surface area contributed by atoms with Crippen molar-refractivity contribution in [2.24, 2.45) is 0 Å². The van der Waals surface area contributed by atoms with Crippen LogP contribution in [0.15, 0.2) is 36.5 Å². The van der Waals surface area contributed by atoms with Crippen molar-refractivity contribution in [1.29, 1.82) is 0 Å². The molecule has 2 aromatic rings. The first-order valence-electron chi connectivity index (χ1n) is 5.56. The largest absolute Gasteiger partial charge is 0.493 e. The highest BCUT2D eigenvalue weighted by atomic mass is 16.6. The molecule has 0 fully saturated rings. The zero-order valence-electron chi connectivity index (χ0n) is 10.5. The van der Waals surface area contributed by atoms with Gasteiger partial charge in [-0.15, -0.1) is 0 Å². The van der Waals surface area contributed by atoms with Gasteiger partial charge in [-0.1, -0.05) is 0 Å². The Kier molecular flexibility index (Phi) is 3.90. The SMILES string of the molecule is COc1ccc(C=O)cc1Oc1ncccc1[N+](=O)[O-]. The van der Waals surface area contributed by atoms with Crippen molar-refractivity contribution >= 4 is 12.0 Å². The normalized spacial score (nSPS) is 9.85. The smallest absolute Gasteiger partial charge is 0.331 e. The number of pyridine rings is 1. The topological polar surface area (TPSA) is 91.6 Å². The Morgan fingerprint density at radius 3 is 2.75 bits per heavy atom. The van der Waals surface area contributed by atoms with E-state index in [-0.39, 0.29) is 17.3 Å². The van der Waals surface area contributed by atoms with Gasteiger partial charge in [0.05, 0.1) is 12.0 Å². The van der Waals surface area contributed by atoms with Crippen LogP contribution < -0.4 is 9.47 Å². The molecule has 0 aliphatic carbocycles. The van der Waals surface area contributed by atoms with E-state index in [0.29, 0.717) is 17.6 Å². The van der Waals surface area contributed by atoms with E-state index < -0.39 is 4.92 Å². The maximum atomic E-state index is 10.9. The third-order valence-corrected chi connectivity index (χ3v) is 2.48. The summed E-state index contributed by atoms with van der Waals surface area (Å²) < 4.78 is 10.5. The molecule has 0 bridgehead atoms. The lowest BCUT2D eigenvalue weighted by molar-refractivity contribution is -0.386. The number of carbonyl (C=O) groups excluding carboxylic acids is 1. The third kappa shape index (κ3) is 2.72. The molecule has 1 aromatic heterocycles. The number of benzene rings is 1. The number of rotatable bonds is 5. The van der Waals surface area contributed by atoms with Gasteiger partial charge < -0.3 is 9.47 Å². The van der Waals surface area contributed by atoms with Crippen molar-refractivity contribution < 1.29 is 19.2 Å². The molecule has 0 radical (unpaired) electrons. The van der Waals surface area contributed by atoms with Crippen molar-refractivity contribution in [1.82, 2.24) is 4.98 Å². The van der Waals surface area contributed by atoms with E-state index in [9.17, 15) is 14.9 Å². The van der Waals surface area contributed by atoms with Gasteiger partial charge in [0.1, 0.15) is 6.29 Å². The van der Waals surface area contributed by atoms with Crippen molar-refractivity contribution in [3.8, 4) is 17.4 Å². The van der Waals surface area contributed by atoms with Crippen molar-refractivity contribution in [3.05, 3.63) is 52.2 Å². The molecule has 0 saturated heterocycles. The highest BCUT2D eigenvalue weighted by Crippen LogP contribution is 2.34. The highest BCUT2D eigenvalue weighted by molar-refractivity contribution is 5.76. The first kappa shape index (κ1) is 13.5. The van der Waals surface area contributed by atoms with E-state index in [1.54, 1.807) is 6.07 Å². The second-order valence-corrected chi connectivity index (χ2v) is 3.71. The quantitative estimate of drug-likeness (QED) is 0.472. The molecule has 7 nitrogen and oxygen atoms in total. The second-order valence-electron chi connectivity index (χ2n) is 3.71. The van der Waals surface area contributed by atoms with E-state index in [0.717, 1.165) is 0 Å². The molecule has 0 unspecified atom stereocenters. The summed E-state index contributed by atoms with van der Waals surface area (Å²) >= 11 is 0. The molecule has 0 saturated carbocycles. The number of nitrogens with zero attached hydrogens (tertiary/aromatic N) is 2. The summed E-state index contributed by atoms with van der Waals surface area (Å²) in [5, 5.41) is 10.9. The summed E-state index contributed by atoms with van der Waals surface area (Å²) in [7, 11) is 1.43. The molecule has 1 heterocycles. The fraction of sp³-hybridized carbons (Fsp3) is 0.0769. The Bertz CT molecular complexity index is 657. The average Bonchev–Trinajstić information content (AvgIpc) is 2.47. The number of nitro groups is 1. The monoisotopic (exact) mass is 274 g/mol. The van der Waals surface area contributed by atoms with Crippen molar-refractivity contribution in [2.45, 2.75) is 0 Å². The maximum Gasteiger partial charge on any atom is 0.331 e. The van der Waals surface area contributed by atoms with Crippen LogP contribution in [0.3, 0.4) is 0 Å². The van der Waals surface area contributed by atoms with E-state index >= 15 is 0 Å². The summed E-state index contributed by atoms with van der Waals surface area (Å²) in [4.78, 5) is 24.9. The van der Waals surface area contributed by atoms with Crippen molar-refractivity contribution in [3.63, 3.8) is 0 Å². The van der Waals surface area contributed by atoms with E-state index in [4.69, 9.17) is 9.47 Å².